The van der Waals surface area contributed by atoms with Crippen LogP contribution < -0.4 is 21.5 Å². The predicted molar refractivity (Wildman–Crippen MR) is 71.0 cm³/mol. The van der Waals surface area contributed by atoms with Gasteiger partial charge in [0.1, 0.15) is 11.5 Å². The van der Waals surface area contributed by atoms with E-state index in [0.717, 1.165) is 0 Å². The minimum absolute atomic E-state index is 0.283. The lowest BCUT2D eigenvalue weighted by Crippen LogP contribution is -2.37. The van der Waals surface area contributed by atoms with Crippen molar-refractivity contribution in [2.24, 2.45) is 5.73 Å². The Balaban J connectivity index is 2.83. The molecule has 0 heterocycles. The summed E-state index contributed by atoms with van der Waals surface area (Å²) in [6.07, 6.45) is 0. The zero-order valence-corrected chi connectivity index (χ0v) is 11.2. The number of benzene rings is 1. The maximum Gasteiger partial charge on any atom is 0.318 e. The summed E-state index contributed by atoms with van der Waals surface area (Å²) in [7, 11) is -1.68. The zero-order valence-electron chi connectivity index (χ0n) is 10.3. The third-order valence-electron chi connectivity index (χ3n) is 2.07. The number of nitrogens with one attached hydrogen (secondary N) is 1. The van der Waals surface area contributed by atoms with Crippen LogP contribution in [-0.4, -0.2) is 28.5 Å². The van der Waals surface area contributed by atoms with E-state index in [1.165, 1.54) is 6.07 Å². The van der Waals surface area contributed by atoms with E-state index in [1.807, 2.05) is 12.2 Å². The molecule has 0 aliphatic heterocycles. The highest BCUT2D eigenvalue weighted by Crippen LogP contribution is 2.23. The lowest BCUT2D eigenvalue weighted by Gasteiger charge is -2.08. The second-order valence-corrected chi connectivity index (χ2v) is 4.95. The van der Waals surface area contributed by atoms with Crippen LogP contribution in [0.3, 0.4) is 0 Å². The van der Waals surface area contributed by atoms with E-state index in [4.69, 9.17) is 16.2 Å². The van der Waals surface area contributed by atoms with E-state index >= 15 is 0 Å². The van der Waals surface area contributed by atoms with Gasteiger partial charge in [-0.05, 0) is 25.1 Å². The van der Waals surface area contributed by atoms with Crippen molar-refractivity contribution in [2.45, 2.75) is 11.8 Å². The van der Waals surface area contributed by atoms with E-state index in [0.29, 0.717) is 12.4 Å². The normalized spacial score (nSPS) is 11.6. The average Bonchev–Trinajstić information content (AvgIpc) is 2.30. The molecule has 1 unspecified atom stereocenters. The molecule has 8 heteroatoms. The van der Waals surface area contributed by atoms with Crippen LogP contribution in [0.2, 0.25) is 0 Å². The predicted octanol–water partition coefficient (Wildman–Crippen LogP) is -0.0300. The molecule has 19 heavy (non-hydrogen) atoms. The molecular formula is C11H15N3O4S. The van der Waals surface area contributed by atoms with Gasteiger partial charge < -0.3 is 16.2 Å². The molecule has 0 aliphatic rings. The van der Waals surface area contributed by atoms with Gasteiger partial charge in [0, 0.05) is 5.69 Å². The molecule has 1 aromatic carbocycles. The number of hydrogen-bond acceptors (Lipinski definition) is 5. The molecule has 0 bridgehead atoms. The second-order valence-electron chi connectivity index (χ2n) is 3.53. The van der Waals surface area contributed by atoms with Crippen molar-refractivity contribution < 1.29 is 18.5 Å². The minimum atomic E-state index is -1.68. The van der Waals surface area contributed by atoms with Crippen molar-refractivity contribution in [2.75, 3.05) is 18.1 Å². The van der Waals surface area contributed by atoms with Crippen LogP contribution in [0.4, 0.5) is 10.5 Å². The largest absolute Gasteiger partial charge is 0.494 e. The summed E-state index contributed by atoms with van der Waals surface area (Å²) < 4.78 is 17.2. The number of anilines is 1. The van der Waals surface area contributed by atoms with Crippen molar-refractivity contribution in [3.05, 3.63) is 18.2 Å². The Labute approximate surface area is 112 Å². The van der Waals surface area contributed by atoms with Gasteiger partial charge in [-0.1, -0.05) is 0 Å². The summed E-state index contributed by atoms with van der Waals surface area (Å²) in [5, 5.41) is 1.84. The topological polar surface area (TPSA) is 125 Å². The summed E-state index contributed by atoms with van der Waals surface area (Å²) in [4.78, 5) is 22.0. The number of urea groups is 1. The SMILES string of the molecule is CCOc1ccc(N)c(S(=O)CC(=O)NC(N)=O)c1. The number of primary amides is 1. The van der Waals surface area contributed by atoms with Gasteiger partial charge in [-0.2, -0.15) is 0 Å². The van der Waals surface area contributed by atoms with Crippen LogP contribution in [0.1, 0.15) is 6.92 Å². The summed E-state index contributed by atoms with van der Waals surface area (Å²) in [5.74, 6) is -0.620. The highest BCUT2D eigenvalue weighted by Gasteiger charge is 2.15. The van der Waals surface area contributed by atoms with Crippen molar-refractivity contribution in [1.29, 1.82) is 0 Å². The Morgan fingerprint density at radius 1 is 1.42 bits per heavy atom. The van der Waals surface area contributed by atoms with Crippen LogP contribution in [0.25, 0.3) is 0 Å². The van der Waals surface area contributed by atoms with Crippen molar-refractivity contribution in [1.82, 2.24) is 5.32 Å². The van der Waals surface area contributed by atoms with Crippen LogP contribution in [0, 0.1) is 0 Å². The molecule has 1 aromatic rings. The third-order valence-corrected chi connectivity index (χ3v) is 3.43. The molecule has 104 valence electrons. The quantitative estimate of drug-likeness (QED) is 0.655. The summed E-state index contributed by atoms with van der Waals surface area (Å²) in [6.45, 7) is 2.27. The molecular weight excluding hydrogens is 270 g/mol. The molecule has 0 fully saturated rings. The van der Waals surface area contributed by atoms with Crippen LogP contribution in [0.5, 0.6) is 5.75 Å². The third kappa shape index (κ3) is 4.59. The summed E-state index contributed by atoms with van der Waals surface area (Å²) in [6, 6.07) is 3.71. The van der Waals surface area contributed by atoms with Gasteiger partial charge in [-0.25, -0.2) is 4.79 Å². The Morgan fingerprint density at radius 3 is 2.68 bits per heavy atom. The van der Waals surface area contributed by atoms with E-state index in [9.17, 15) is 13.8 Å². The fourth-order valence-electron chi connectivity index (χ4n) is 1.34. The lowest BCUT2D eigenvalue weighted by molar-refractivity contribution is -0.117. The molecule has 0 saturated heterocycles. The molecule has 5 N–H and O–H groups in total. The Morgan fingerprint density at radius 2 is 2.11 bits per heavy atom. The number of nitrogen functional groups attached to an aromatic ring is 1. The molecule has 0 radical (unpaired) electrons. The summed E-state index contributed by atoms with van der Waals surface area (Å²) >= 11 is 0. The van der Waals surface area contributed by atoms with Gasteiger partial charge in [0.2, 0.25) is 5.91 Å². The van der Waals surface area contributed by atoms with E-state index in [2.05, 4.69) is 0 Å². The van der Waals surface area contributed by atoms with Gasteiger partial charge in [0.15, 0.2) is 0 Å². The first-order valence-corrected chi connectivity index (χ1v) is 6.76. The molecule has 0 aliphatic carbocycles. The number of rotatable bonds is 5. The maximum atomic E-state index is 12.0. The maximum absolute atomic E-state index is 12.0. The average molecular weight is 285 g/mol. The zero-order chi connectivity index (χ0) is 14.4. The first-order chi connectivity index (χ1) is 8.93. The Kier molecular flexibility index (Phi) is 5.31. The fraction of sp³-hybridized carbons (Fsp3) is 0.273. The van der Waals surface area contributed by atoms with E-state index in [-0.39, 0.29) is 10.6 Å². The Bertz CT molecular complexity index is 519. The molecule has 3 amide bonds. The second kappa shape index (κ2) is 6.74. The summed E-state index contributed by atoms with van der Waals surface area (Å²) in [5.41, 5.74) is 10.8. The molecule has 7 nitrogen and oxygen atoms in total. The van der Waals surface area contributed by atoms with Gasteiger partial charge >= 0.3 is 6.03 Å². The van der Waals surface area contributed by atoms with Gasteiger partial charge in [-0.15, -0.1) is 0 Å². The number of nitrogens with two attached hydrogens (primary N) is 2. The number of ether oxygens (including phenoxy) is 1. The number of carbonyl (C=O) groups is 2. The highest BCUT2D eigenvalue weighted by molar-refractivity contribution is 7.86. The highest BCUT2D eigenvalue weighted by atomic mass is 32.2. The van der Waals surface area contributed by atoms with Crippen molar-refractivity contribution in [3.63, 3.8) is 0 Å². The number of hydrogen-bond donors (Lipinski definition) is 3. The smallest absolute Gasteiger partial charge is 0.318 e. The lowest BCUT2D eigenvalue weighted by atomic mass is 10.3. The standard InChI is InChI=1S/C11H15N3O4S/c1-2-18-7-3-4-8(12)9(5-7)19(17)6-10(15)14-11(13)16/h3-5H,2,6,12H2,1H3,(H3,13,14,15,16). The number of imide groups is 1. The molecule has 1 atom stereocenters. The van der Waals surface area contributed by atoms with Crippen LogP contribution in [0.15, 0.2) is 23.1 Å². The molecule has 0 saturated carbocycles. The van der Waals surface area contributed by atoms with Gasteiger partial charge in [0.25, 0.3) is 0 Å². The number of amides is 3. The monoisotopic (exact) mass is 285 g/mol. The van der Waals surface area contributed by atoms with Crippen molar-refractivity contribution >= 4 is 28.4 Å². The molecule has 0 spiro atoms. The van der Waals surface area contributed by atoms with Crippen LogP contribution in [-0.2, 0) is 15.6 Å². The molecule has 1 rings (SSSR count). The first-order valence-electron chi connectivity index (χ1n) is 5.44. The van der Waals surface area contributed by atoms with Gasteiger partial charge in [-0.3, -0.25) is 14.3 Å². The van der Waals surface area contributed by atoms with Crippen molar-refractivity contribution in [3.8, 4) is 5.75 Å². The number of carbonyl (C=O) groups excluding carboxylic acids is 2. The molecule has 0 aromatic heterocycles. The van der Waals surface area contributed by atoms with E-state index in [1.54, 1.807) is 12.1 Å². The van der Waals surface area contributed by atoms with Crippen LogP contribution >= 0.6 is 0 Å². The fourth-order valence-corrected chi connectivity index (χ4v) is 2.38. The Hall–Kier alpha value is -2.09. The van der Waals surface area contributed by atoms with Gasteiger partial charge in [0.05, 0.1) is 22.3 Å². The first kappa shape index (κ1) is 15.0. The van der Waals surface area contributed by atoms with E-state index < -0.39 is 28.5 Å². The minimum Gasteiger partial charge on any atom is -0.494 e.